The van der Waals surface area contributed by atoms with Crippen LogP contribution in [0.1, 0.15) is 23.5 Å². The van der Waals surface area contributed by atoms with Crippen molar-refractivity contribution in [2.24, 2.45) is 13.0 Å². The first-order valence-electron chi connectivity index (χ1n) is 7.88. The summed E-state index contributed by atoms with van der Waals surface area (Å²) < 4.78 is 30.0. The molecule has 0 spiro atoms. The molecule has 5 nitrogen and oxygen atoms in total. The average Bonchev–Trinajstić information content (AvgIpc) is 3.36. The molecule has 7 heteroatoms. The molecule has 1 aromatic heterocycles. The third kappa shape index (κ3) is 3.70. The van der Waals surface area contributed by atoms with E-state index in [2.05, 4.69) is 10.1 Å². The van der Waals surface area contributed by atoms with Crippen LogP contribution in [-0.2, 0) is 11.8 Å². The van der Waals surface area contributed by atoms with Crippen LogP contribution >= 0.6 is 0 Å². The highest BCUT2D eigenvalue weighted by Gasteiger charge is 2.44. The van der Waals surface area contributed by atoms with Gasteiger partial charge >= 0.3 is 6.61 Å². The molecular weight excluding hydrogens is 330 g/mol. The maximum absolute atomic E-state index is 12.4. The predicted octanol–water partition coefficient (Wildman–Crippen LogP) is 3.04. The fourth-order valence-corrected chi connectivity index (χ4v) is 2.84. The minimum absolute atomic E-state index is 0.0217. The number of benzene rings is 1. The maximum atomic E-state index is 12.4. The summed E-state index contributed by atoms with van der Waals surface area (Å²) in [6.45, 7) is -1.09. The molecule has 1 aliphatic carbocycles. The lowest BCUT2D eigenvalue weighted by molar-refractivity contribution is -0.117. The van der Waals surface area contributed by atoms with Crippen molar-refractivity contribution in [1.29, 1.82) is 0 Å². The Bertz CT molecular complexity index is 846. The van der Waals surface area contributed by atoms with Gasteiger partial charge in [-0.05, 0) is 48.6 Å². The number of amides is 1. The van der Waals surface area contributed by atoms with E-state index in [4.69, 9.17) is 0 Å². The fraction of sp³-hybridized carbons (Fsp3) is 0.333. The molecule has 1 amide bonds. The molecule has 1 N–H and O–H groups in total. The molecule has 1 aliphatic rings. The van der Waals surface area contributed by atoms with Gasteiger partial charge in [0, 0.05) is 19.2 Å². The fourth-order valence-electron chi connectivity index (χ4n) is 2.84. The van der Waals surface area contributed by atoms with E-state index in [1.807, 2.05) is 0 Å². The number of hydrogen-bond acceptors (Lipinski definition) is 3. The summed E-state index contributed by atoms with van der Waals surface area (Å²) in [5.41, 5.74) is 1.64. The van der Waals surface area contributed by atoms with E-state index in [9.17, 15) is 18.4 Å². The average molecular weight is 348 g/mol. The summed E-state index contributed by atoms with van der Waals surface area (Å²) in [6, 6.07) is 8.06. The lowest BCUT2D eigenvalue weighted by Gasteiger charge is -2.09. The maximum Gasteiger partial charge on any atom is 0.387 e. The Morgan fingerprint density at radius 2 is 1.96 bits per heavy atom. The summed E-state index contributed by atoms with van der Waals surface area (Å²) in [7, 11) is 1.63. The first kappa shape index (κ1) is 17.1. The third-order valence-electron chi connectivity index (χ3n) is 4.39. The standard InChI is InChI=1S/C18H18F2N2O3/c1-10-7-8-22(2)17(24)15(10)21-16(23)14-9-13(14)11-3-5-12(6-4-11)25-18(19)20/h3-8,13-14,18H,9H2,1-2H3,(H,21,23)/t13-,14+/m0/s1. The Balaban J connectivity index is 1.67. The van der Waals surface area contributed by atoms with Crippen LogP contribution in [0.25, 0.3) is 0 Å². The van der Waals surface area contributed by atoms with E-state index < -0.39 is 6.61 Å². The zero-order valence-electron chi connectivity index (χ0n) is 13.8. The van der Waals surface area contributed by atoms with Crippen LogP contribution in [0.5, 0.6) is 5.75 Å². The first-order chi connectivity index (χ1) is 11.9. The zero-order chi connectivity index (χ0) is 18.1. The van der Waals surface area contributed by atoms with Crippen LogP contribution in [0.4, 0.5) is 14.5 Å². The van der Waals surface area contributed by atoms with Crippen LogP contribution < -0.4 is 15.6 Å². The van der Waals surface area contributed by atoms with Gasteiger partial charge in [0.1, 0.15) is 11.4 Å². The minimum atomic E-state index is -2.86. The van der Waals surface area contributed by atoms with Crippen LogP contribution in [-0.4, -0.2) is 17.1 Å². The van der Waals surface area contributed by atoms with Gasteiger partial charge in [-0.1, -0.05) is 12.1 Å². The molecule has 3 rings (SSSR count). The number of hydrogen-bond donors (Lipinski definition) is 1. The Hall–Kier alpha value is -2.70. The number of pyridine rings is 1. The Labute approximate surface area is 143 Å². The third-order valence-corrected chi connectivity index (χ3v) is 4.39. The monoisotopic (exact) mass is 348 g/mol. The van der Waals surface area contributed by atoms with E-state index >= 15 is 0 Å². The number of alkyl halides is 2. The molecule has 25 heavy (non-hydrogen) atoms. The van der Waals surface area contributed by atoms with Gasteiger partial charge in [-0.3, -0.25) is 9.59 Å². The van der Waals surface area contributed by atoms with Gasteiger partial charge < -0.3 is 14.6 Å². The van der Waals surface area contributed by atoms with Gasteiger partial charge in [-0.2, -0.15) is 8.78 Å². The Morgan fingerprint density at radius 1 is 1.28 bits per heavy atom. The van der Waals surface area contributed by atoms with E-state index in [0.29, 0.717) is 17.7 Å². The molecule has 1 heterocycles. The molecule has 1 fully saturated rings. The highest BCUT2D eigenvalue weighted by Crippen LogP contribution is 2.48. The molecule has 0 saturated heterocycles. The number of ether oxygens (including phenoxy) is 1. The molecule has 1 aromatic carbocycles. The van der Waals surface area contributed by atoms with Gasteiger partial charge in [0.15, 0.2) is 0 Å². The summed E-state index contributed by atoms with van der Waals surface area (Å²) in [5, 5.41) is 2.72. The number of carbonyl (C=O) groups is 1. The van der Waals surface area contributed by atoms with Crippen molar-refractivity contribution < 1.29 is 18.3 Å². The van der Waals surface area contributed by atoms with Crippen molar-refractivity contribution >= 4 is 11.6 Å². The molecule has 132 valence electrons. The van der Waals surface area contributed by atoms with Crippen molar-refractivity contribution in [2.75, 3.05) is 5.32 Å². The summed E-state index contributed by atoms with van der Waals surface area (Å²) in [6.07, 6.45) is 2.31. The largest absolute Gasteiger partial charge is 0.435 e. The molecule has 0 unspecified atom stereocenters. The summed E-state index contributed by atoms with van der Waals surface area (Å²) >= 11 is 0. The lowest BCUT2D eigenvalue weighted by atomic mass is 10.1. The zero-order valence-corrected chi connectivity index (χ0v) is 13.8. The second kappa shape index (κ2) is 6.66. The summed E-state index contributed by atoms with van der Waals surface area (Å²) in [4.78, 5) is 24.5. The highest BCUT2D eigenvalue weighted by atomic mass is 19.3. The normalized spacial score (nSPS) is 18.9. The van der Waals surface area contributed by atoms with E-state index in [0.717, 1.165) is 5.56 Å². The molecule has 1 saturated carbocycles. The van der Waals surface area contributed by atoms with Crippen LogP contribution in [0.2, 0.25) is 0 Å². The number of rotatable bonds is 5. The van der Waals surface area contributed by atoms with Gasteiger partial charge in [-0.15, -0.1) is 0 Å². The van der Waals surface area contributed by atoms with Gasteiger partial charge in [0.2, 0.25) is 5.91 Å². The van der Waals surface area contributed by atoms with Crippen molar-refractivity contribution in [3.63, 3.8) is 0 Å². The van der Waals surface area contributed by atoms with Crippen molar-refractivity contribution in [1.82, 2.24) is 4.57 Å². The number of nitrogens with one attached hydrogen (secondary N) is 1. The predicted molar refractivity (Wildman–Crippen MR) is 89.0 cm³/mol. The van der Waals surface area contributed by atoms with Gasteiger partial charge in [-0.25, -0.2) is 0 Å². The lowest BCUT2D eigenvalue weighted by Crippen LogP contribution is -2.26. The topological polar surface area (TPSA) is 60.3 Å². The first-order valence-corrected chi connectivity index (χ1v) is 7.88. The van der Waals surface area contributed by atoms with E-state index in [1.54, 1.807) is 38.4 Å². The molecule has 2 aromatic rings. The molecular formula is C18H18F2N2O3. The van der Waals surface area contributed by atoms with Crippen molar-refractivity contribution in [2.45, 2.75) is 25.9 Å². The smallest absolute Gasteiger partial charge is 0.387 e. The molecule has 0 bridgehead atoms. The van der Waals surface area contributed by atoms with Crippen molar-refractivity contribution in [3.05, 3.63) is 58.0 Å². The van der Waals surface area contributed by atoms with E-state index in [1.165, 1.54) is 16.7 Å². The SMILES string of the molecule is Cc1ccn(C)c(=O)c1NC(=O)[C@@H]1C[C@H]1c1ccc(OC(F)F)cc1. The van der Waals surface area contributed by atoms with Crippen molar-refractivity contribution in [3.8, 4) is 5.75 Å². The number of aromatic nitrogens is 1. The Kier molecular flexibility index (Phi) is 4.57. The number of halogens is 2. The van der Waals surface area contributed by atoms with Crippen LogP contribution in [0, 0.1) is 12.8 Å². The summed E-state index contributed by atoms with van der Waals surface area (Å²) in [5.74, 6) is -0.326. The minimum Gasteiger partial charge on any atom is -0.435 e. The highest BCUT2D eigenvalue weighted by molar-refractivity contribution is 5.95. The van der Waals surface area contributed by atoms with Crippen LogP contribution in [0.15, 0.2) is 41.3 Å². The number of anilines is 1. The second-order valence-electron chi connectivity index (χ2n) is 6.18. The molecule has 0 aliphatic heterocycles. The molecule has 2 atom stereocenters. The molecule has 0 radical (unpaired) electrons. The number of nitrogens with zero attached hydrogens (tertiary/aromatic N) is 1. The van der Waals surface area contributed by atoms with E-state index in [-0.39, 0.29) is 29.1 Å². The van der Waals surface area contributed by atoms with Gasteiger partial charge in [0.25, 0.3) is 5.56 Å². The Morgan fingerprint density at radius 3 is 2.60 bits per heavy atom. The number of aryl methyl sites for hydroxylation is 2. The number of carbonyl (C=O) groups excluding carboxylic acids is 1. The van der Waals surface area contributed by atoms with Crippen LogP contribution in [0.3, 0.4) is 0 Å². The quantitative estimate of drug-likeness (QED) is 0.903. The van der Waals surface area contributed by atoms with Gasteiger partial charge in [0.05, 0.1) is 0 Å². The second-order valence-corrected chi connectivity index (χ2v) is 6.18.